The van der Waals surface area contributed by atoms with Gasteiger partial charge in [0.15, 0.2) is 0 Å². The number of nitrogens with zero attached hydrogens (tertiary/aromatic N) is 7. The first-order chi connectivity index (χ1) is 29.6. The van der Waals surface area contributed by atoms with Crippen LogP contribution < -0.4 is 25.3 Å². The number of benzene rings is 3. The Labute approximate surface area is 356 Å². The molecule has 3 atom stereocenters. The summed E-state index contributed by atoms with van der Waals surface area (Å²) in [6, 6.07) is 12.9. The highest BCUT2D eigenvalue weighted by atomic mass is 19.4. The predicted octanol–water partition coefficient (Wildman–Crippen LogP) is 5.29. The molecule has 5 aliphatic heterocycles. The van der Waals surface area contributed by atoms with E-state index in [0.717, 1.165) is 62.2 Å². The van der Waals surface area contributed by atoms with E-state index in [9.17, 15) is 42.4 Å². The molecule has 5 aliphatic rings. The van der Waals surface area contributed by atoms with Gasteiger partial charge in [-0.3, -0.25) is 34.3 Å². The zero-order valence-electron chi connectivity index (χ0n) is 34.4. The maximum absolute atomic E-state index is 15.6. The molecular formula is C44H47F4N9O5. The van der Waals surface area contributed by atoms with Crippen molar-refractivity contribution < 1.29 is 41.5 Å². The first-order valence-electron chi connectivity index (χ1n) is 20.9. The number of urea groups is 1. The second-order valence-electron chi connectivity index (χ2n) is 16.8. The molecule has 4 fully saturated rings. The number of carbonyl (C=O) groups is 5. The molecule has 2 N–H and O–H groups in total. The van der Waals surface area contributed by atoms with Gasteiger partial charge in [-0.1, -0.05) is 0 Å². The fourth-order valence-corrected chi connectivity index (χ4v) is 9.41. The molecule has 14 nitrogen and oxygen atoms in total. The lowest BCUT2D eigenvalue weighted by Gasteiger charge is -2.45. The van der Waals surface area contributed by atoms with Crippen LogP contribution in [-0.2, 0) is 15.8 Å². The van der Waals surface area contributed by atoms with Crippen molar-refractivity contribution in [2.24, 2.45) is 5.92 Å². The molecule has 18 heteroatoms. The number of fused-ring (bicyclic) bond motifs is 1. The highest BCUT2D eigenvalue weighted by Gasteiger charge is 2.45. The number of hydrogen-bond donors (Lipinski definition) is 2. The molecule has 3 aromatic carbocycles. The quantitative estimate of drug-likeness (QED) is 0.237. The minimum absolute atomic E-state index is 0.0614. The molecule has 0 aliphatic carbocycles. The van der Waals surface area contributed by atoms with Gasteiger partial charge in [-0.2, -0.15) is 18.4 Å². The van der Waals surface area contributed by atoms with Crippen LogP contribution in [0.15, 0.2) is 54.6 Å². The molecule has 4 saturated heterocycles. The first kappa shape index (κ1) is 42.5. The molecule has 6 amide bonds. The Kier molecular flexibility index (Phi) is 11.6. The molecule has 5 heterocycles. The fraction of sp³-hybridized carbons (Fsp3) is 0.455. The van der Waals surface area contributed by atoms with Crippen molar-refractivity contribution in [3.8, 4) is 6.07 Å². The number of rotatable bonds is 7. The number of nitrogens with one attached hydrogen (secondary N) is 2. The molecule has 0 radical (unpaired) electrons. The summed E-state index contributed by atoms with van der Waals surface area (Å²) in [6.07, 6.45) is -2.76. The second-order valence-corrected chi connectivity index (χ2v) is 16.8. The highest BCUT2D eigenvalue weighted by molar-refractivity contribution is 6.23. The Balaban J connectivity index is 0.796. The van der Waals surface area contributed by atoms with Crippen molar-refractivity contribution in [3.05, 3.63) is 82.7 Å². The Morgan fingerprint density at radius 2 is 1.53 bits per heavy atom. The second kappa shape index (κ2) is 16.9. The van der Waals surface area contributed by atoms with Crippen molar-refractivity contribution in [1.29, 1.82) is 5.26 Å². The number of piperidine rings is 2. The van der Waals surface area contributed by atoms with Crippen LogP contribution in [0.5, 0.6) is 0 Å². The molecule has 3 aromatic rings. The van der Waals surface area contributed by atoms with E-state index in [1.165, 1.54) is 18.2 Å². The summed E-state index contributed by atoms with van der Waals surface area (Å²) < 4.78 is 56.5. The Morgan fingerprint density at radius 3 is 2.21 bits per heavy atom. The van der Waals surface area contributed by atoms with Gasteiger partial charge in [-0.25, -0.2) is 9.18 Å². The minimum Gasteiger partial charge on any atom is -0.369 e. The zero-order valence-corrected chi connectivity index (χ0v) is 34.4. The zero-order chi connectivity index (χ0) is 44.0. The number of imide groups is 2. The number of nitriles is 1. The van der Waals surface area contributed by atoms with Crippen molar-refractivity contribution in [3.63, 3.8) is 0 Å². The van der Waals surface area contributed by atoms with Crippen molar-refractivity contribution in [2.45, 2.75) is 63.8 Å². The Bertz CT molecular complexity index is 2340. The van der Waals surface area contributed by atoms with Gasteiger partial charge in [0.05, 0.1) is 34.0 Å². The van der Waals surface area contributed by atoms with Gasteiger partial charge < -0.3 is 24.9 Å². The van der Waals surface area contributed by atoms with Gasteiger partial charge in [0.2, 0.25) is 11.8 Å². The average Bonchev–Trinajstić information content (AvgIpc) is 3.49. The molecule has 0 bridgehead atoms. The molecule has 0 spiro atoms. The third kappa shape index (κ3) is 8.37. The molecule has 326 valence electrons. The lowest BCUT2D eigenvalue weighted by Crippen LogP contribution is -2.59. The largest absolute Gasteiger partial charge is 0.417 e. The van der Waals surface area contributed by atoms with Crippen LogP contribution in [0.3, 0.4) is 0 Å². The third-order valence-electron chi connectivity index (χ3n) is 12.8. The number of amides is 6. The van der Waals surface area contributed by atoms with Crippen LogP contribution in [0.1, 0.15) is 71.4 Å². The van der Waals surface area contributed by atoms with Crippen molar-refractivity contribution in [1.82, 2.24) is 20.0 Å². The van der Waals surface area contributed by atoms with Crippen LogP contribution >= 0.6 is 0 Å². The minimum atomic E-state index is -4.68. The number of hydrogen-bond acceptors (Lipinski definition) is 10. The van der Waals surface area contributed by atoms with E-state index < -0.39 is 58.8 Å². The van der Waals surface area contributed by atoms with Crippen molar-refractivity contribution >= 4 is 52.4 Å². The maximum atomic E-state index is 15.6. The van der Waals surface area contributed by atoms with Gasteiger partial charge in [0.25, 0.3) is 11.8 Å². The fourth-order valence-electron chi connectivity index (χ4n) is 9.41. The van der Waals surface area contributed by atoms with E-state index in [2.05, 4.69) is 20.4 Å². The number of piperazine rings is 2. The monoisotopic (exact) mass is 857 g/mol. The third-order valence-corrected chi connectivity index (χ3v) is 12.8. The van der Waals surface area contributed by atoms with Crippen LogP contribution in [0.4, 0.5) is 45.1 Å². The summed E-state index contributed by atoms with van der Waals surface area (Å²) in [7, 11) is 0. The molecule has 62 heavy (non-hydrogen) atoms. The van der Waals surface area contributed by atoms with Gasteiger partial charge in [-0.05, 0) is 93.6 Å². The van der Waals surface area contributed by atoms with E-state index in [0.29, 0.717) is 36.1 Å². The number of anilines is 4. The number of halogens is 4. The van der Waals surface area contributed by atoms with Crippen LogP contribution in [0, 0.1) is 23.1 Å². The maximum Gasteiger partial charge on any atom is 0.417 e. The molecule has 1 unspecified atom stereocenters. The summed E-state index contributed by atoms with van der Waals surface area (Å²) in [5.74, 6) is -2.14. The van der Waals surface area contributed by atoms with Crippen LogP contribution in [0.2, 0.25) is 0 Å². The van der Waals surface area contributed by atoms with Gasteiger partial charge in [0.1, 0.15) is 11.9 Å². The summed E-state index contributed by atoms with van der Waals surface area (Å²) >= 11 is 0. The topological polar surface area (TPSA) is 153 Å². The molecule has 8 rings (SSSR count). The lowest BCUT2D eigenvalue weighted by molar-refractivity contribution is -0.138. The van der Waals surface area contributed by atoms with Crippen LogP contribution in [-0.4, -0.2) is 121 Å². The SMILES string of the molecule is C[C@@H]1CN(c2ccc(C#N)c(C(F)(F)F)c2)[C@@H](C)CN1C(=O)Nc1ccc(N2CCC(CN3CCN(c4ccc5c(c4)C(=O)N(C4CCC(=O)NC4=O)C5=O)CC3)CC2)c(F)c1. The lowest BCUT2D eigenvalue weighted by atomic mass is 9.95. The van der Waals surface area contributed by atoms with E-state index >= 15 is 4.39 Å². The predicted molar refractivity (Wildman–Crippen MR) is 221 cm³/mol. The van der Waals surface area contributed by atoms with Crippen molar-refractivity contribution in [2.75, 3.05) is 78.9 Å². The Hall–Kier alpha value is -6.22. The summed E-state index contributed by atoms with van der Waals surface area (Å²) in [5, 5.41) is 14.2. The summed E-state index contributed by atoms with van der Waals surface area (Å²) in [5.41, 5.74) is 0.954. The van der Waals surface area contributed by atoms with Crippen LogP contribution in [0.25, 0.3) is 0 Å². The highest BCUT2D eigenvalue weighted by Crippen LogP contribution is 2.37. The normalized spacial score (nSPS) is 22.8. The van der Waals surface area contributed by atoms with E-state index in [1.54, 1.807) is 47.1 Å². The average molecular weight is 858 g/mol. The number of alkyl halides is 3. The molecular weight excluding hydrogens is 811 g/mol. The first-order valence-corrected chi connectivity index (χ1v) is 20.9. The smallest absolute Gasteiger partial charge is 0.369 e. The number of carbonyl (C=O) groups excluding carboxylic acids is 5. The van der Waals surface area contributed by atoms with Gasteiger partial charge >= 0.3 is 12.2 Å². The van der Waals surface area contributed by atoms with E-state index in [-0.39, 0.29) is 49.1 Å². The Morgan fingerprint density at radius 1 is 0.823 bits per heavy atom. The summed E-state index contributed by atoms with van der Waals surface area (Å²) in [4.78, 5) is 74.9. The van der Waals surface area contributed by atoms with Gasteiger partial charge in [0, 0.05) is 94.5 Å². The van der Waals surface area contributed by atoms with E-state index in [4.69, 9.17) is 0 Å². The molecule has 0 aromatic heterocycles. The summed E-state index contributed by atoms with van der Waals surface area (Å²) in [6.45, 7) is 9.40. The van der Waals surface area contributed by atoms with E-state index in [1.807, 2.05) is 17.9 Å². The van der Waals surface area contributed by atoms with Gasteiger partial charge in [-0.15, -0.1) is 0 Å². The molecule has 0 saturated carbocycles. The standard InChI is InChI=1S/C44H47F4N9O5/c1-26-24-56(27(2)23-55(26)32-5-3-29(22-49)35(21-32)44(46,47)48)43(62)50-30-4-8-37(36(45)19-30)54-13-11-28(12-14-54)25-52-15-17-53(18-16-52)31-6-7-33-34(20-31)42(61)57(41(33)60)38-9-10-39(58)51-40(38)59/h3-8,19-21,26-28,38H,9-18,23-25H2,1-2H3,(H,50,62)(H,51,58,59)/t26-,27+,38?/m0/s1.